The van der Waals surface area contributed by atoms with Crippen molar-refractivity contribution < 1.29 is 45.6 Å². The van der Waals surface area contributed by atoms with Gasteiger partial charge >= 0.3 is 17.2 Å². The van der Waals surface area contributed by atoms with Gasteiger partial charge in [0.1, 0.15) is 11.7 Å². The number of rotatable bonds is 3. The number of halogens is 5. The molecule has 0 N–H and O–H groups in total. The molecule has 4 rings (SSSR count). The number of carbonyl (C=O) groups excluding carboxylic acids is 2. The van der Waals surface area contributed by atoms with E-state index in [-0.39, 0.29) is 12.8 Å². The van der Waals surface area contributed by atoms with E-state index >= 15 is 0 Å². The molecular formula is C16H10F2I3O8S-. The van der Waals surface area contributed by atoms with Crippen molar-refractivity contribution in [1.29, 1.82) is 0 Å². The summed E-state index contributed by atoms with van der Waals surface area (Å²) in [6.45, 7) is 0. The standard InChI is InChI=1S/C16H11F2I3O8S/c17-16(18,30(24,25)26)14(23)27-9-2-6-1-5(9)4-15(6)28-12-7(13(22)29-15)3-8(19)10(20)11(12)21/h3,5-6,9H,1-2,4H2,(H,24,25,26)/p-1. The molecule has 30 heavy (non-hydrogen) atoms. The van der Waals surface area contributed by atoms with Crippen LogP contribution in [0.15, 0.2) is 6.07 Å². The third-order valence-electron chi connectivity index (χ3n) is 5.49. The molecule has 164 valence electrons. The first kappa shape index (κ1) is 23.1. The maximum Gasteiger partial charge on any atom is 0.428 e. The number of esters is 2. The van der Waals surface area contributed by atoms with Crippen LogP contribution in [-0.4, -0.2) is 42.1 Å². The van der Waals surface area contributed by atoms with Crippen LogP contribution in [0.25, 0.3) is 0 Å². The van der Waals surface area contributed by atoms with E-state index in [2.05, 4.69) is 72.5 Å². The highest BCUT2D eigenvalue weighted by molar-refractivity contribution is 14.1. The number of hydrogen-bond acceptors (Lipinski definition) is 8. The van der Waals surface area contributed by atoms with E-state index in [0.29, 0.717) is 17.7 Å². The first-order valence-corrected chi connectivity index (χ1v) is 13.1. The van der Waals surface area contributed by atoms with Gasteiger partial charge in [-0.2, -0.15) is 8.78 Å². The summed E-state index contributed by atoms with van der Waals surface area (Å²) >= 11 is 6.31. The minimum absolute atomic E-state index is 0.0338. The van der Waals surface area contributed by atoms with Gasteiger partial charge in [-0.25, -0.2) is 18.0 Å². The Kier molecular flexibility index (Phi) is 5.75. The molecule has 3 aliphatic rings. The van der Waals surface area contributed by atoms with E-state index in [0.717, 1.165) is 10.7 Å². The van der Waals surface area contributed by atoms with Crippen LogP contribution < -0.4 is 4.74 Å². The molecule has 8 nitrogen and oxygen atoms in total. The molecule has 2 bridgehead atoms. The quantitative estimate of drug-likeness (QED) is 0.199. The number of benzene rings is 1. The van der Waals surface area contributed by atoms with Crippen molar-refractivity contribution in [3.63, 3.8) is 0 Å². The summed E-state index contributed by atoms with van der Waals surface area (Å²) < 4.78 is 77.6. The zero-order chi connectivity index (χ0) is 22.2. The Morgan fingerprint density at radius 2 is 1.90 bits per heavy atom. The van der Waals surface area contributed by atoms with Crippen molar-refractivity contribution in [1.82, 2.24) is 0 Å². The SMILES string of the molecule is O=C1OC2(CC3CC2CC3OC(=O)C(F)(F)S(=O)(=O)[O-])Oc2c1cc(I)c(I)c2I. The van der Waals surface area contributed by atoms with Gasteiger partial charge in [-0.3, -0.25) is 0 Å². The Morgan fingerprint density at radius 1 is 1.23 bits per heavy atom. The lowest BCUT2D eigenvalue weighted by molar-refractivity contribution is -0.203. The van der Waals surface area contributed by atoms with Crippen LogP contribution in [-0.2, 0) is 24.4 Å². The second-order valence-corrected chi connectivity index (χ2v) is 12.0. The van der Waals surface area contributed by atoms with E-state index in [1.165, 1.54) is 0 Å². The summed E-state index contributed by atoms with van der Waals surface area (Å²) in [5, 5.41) is -5.16. The average Bonchev–Trinajstić information content (AvgIpc) is 3.17. The fraction of sp³-hybridized carbons (Fsp3) is 0.500. The largest absolute Gasteiger partial charge is 0.743 e. The monoisotopic (exact) mass is 781 g/mol. The van der Waals surface area contributed by atoms with Crippen molar-refractivity contribution in [2.45, 2.75) is 36.4 Å². The predicted octanol–water partition coefficient (Wildman–Crippen LogP) is 3.23. The fourth-order valence-electron chi connectivity index (χ4n) is 4.13. The smallest absolute Gasteiger partial charge is 0.428 e. The van der Waals surface area contributed by atoms with E-state index < -0.39 is 51.0 Å². The van der Waals surface area contributed by atoms with Crippen molar-refractivity contribution in [2.75, 3.05) is 0 Å². The number of hydrogen-bond donors (Lipinski definition) is 0. The summed E-state index contributed by atoms with van der Waals surface area (Å²) in [4.78, 5) is 24.2. The predicted molar refractivity (Wildman–Crippen MR) is 119 cm³/mol. The van der Waals surface area contributed by atoms with Gasteiger partial charge in [0.05, 0.1) is 3.57 Å². The van der Waals surface area contributed by atoms with E-state index in [1.54, 1.807) is 6.07 Å². The van der Waals surface area contributed by atoms with Crippen LogP contribution in [0.2, 0.25) is 0 Å². The molecule has 0 radical (unpaired) electrons. The lowest BCUT2D eigenvalue weighted by Crippen LogP contribution is -2.51. The number of carbonyl (C=O) groups is 2. The molecule has 1 aromatic carbocycles. The molecule has 14 heteroatoms. The average molecular weight is 781 g/mol. The molecule has 1 heterocycles. The van der Waals surface area contributed by atoms with Crippen molar-refractivity contribution >= 4 is 89.8 Å². The molecule has 2 aliphatic carbocycles. The Hall–Kier alpha value is -0.0800. The van der Waals surface area contributed by atoms with Crippen LogP contribution in [0.3, 0.4) is 0 Å². The topological polar surface area (TPSA) is 119 Å². The maximum atomic E-state index is 13.4. The van der Waals surface area contributed by atoms with Gasteiger partial charge in [0.2, 0.25) is 0 Å². The molecule has 1 aliphatic heterocycles. The Morgan fingerprint density at radius 3 is 2.47 bits per heavy atom. The lowest BCUT2D eigenvalue weighted by Gasteiger charge is -2.42. The summed E-state index contributed by atoms with van der Waals surface area (Å²) in [5.74, 6) is -4.80. The van der Waals surface area contributed by atoms with E-state index in [1.807, 2.05) is 0 Å². The maximum absolute atomic E-state index is 13.4. The summed E-state index contributed by atoms with van der Waals surface area (Å²) in [6.07, 6.45) is -0.532. The van der Waals surface area contributed by atoms with Crippen LogP contribution >= 0.6 is 67.8 Å². The van der Waals surface area contributed by atoms with E-state index in [4.69, 9.17) is 9.47 Å². The molecule has 4 unspecified atom stereocenters. The first-order chi connectivity index (χ1) is 13.8. The van der Waals surface area contributed by atoms with Gasteiger partial charge in [0.25, 0.3) is 5.79 Å². The van der Waals surface area contributed by atoms with Crippen LogP contribution in [0.5, 0.6) is 5.75 Å². The highest BCUT2D eigenvalue weighted by Crippen LogP contribution is 2.57. The van der Waals surface area contributed by atoms with Crippen molar-refractivity contribution in [3.05, 3.63) is 22.3 Å². The molecule has 1 spiro atoms. The molecule has 4 atom stereocenters. The van der Waals surface area contributed by atoms with Gasteiger partial charge in [-0.05, 0) is 86.7 Å². The van der Waals surface area contributed by atoms with Crippen LogP contribution in [0, 0.1) is 22.5 Å². The first-order valence-electron chi connectivity index (χ1n) is 8.41. The molecule has 0 amide bonds. The van der Waals surface area contributed by atoms with Crippen LogP contribution in [0.1, 0.15) is 29.6 Å². The minimum Gasteiger partial charge on any atom is -0.743 e. The highest BCUT2D eigenvalue weighted by atomic mass is 127. The Balaban J connectivity index is 1.55. The molecule has 2 saturated carbocycles. The number of alkyl halides is 2. The summed E-state index contributed by atoms with van der Waals surface area (Å²) in [7, 11) is -6.19. The second kappa shape index (κ2) is 7.47. The third kappa shape index (κ3) is 3.51. The summed E-state index contributed by atoms with van der Waals surface area (Å²) in [5.41, 5.74) is 0.292. The van der Waals surface area contributed by atoms with Crippen molar-refractivity contribution in [3.8, 4) is 5.75 Å². The highest BCUT2D eigenvalue weighted by Gasteiger charge is 2.63. The lowest BCUT2D eigenvalue weighted by atomic mass is 9.90. The summed E-state index contributed by atoms with van der Waals surface area (Å²) in [6, 6.07) is 1.66. The molecule has 1 aromatic rings. The van der Waals surface area contributed by atoms with Gasteiger partial charge in [-0.15, -0.1) is 0 Å². The van der Waals surface area contributed by atoms with Crippen LogP contribution in [0.4, 0.5) is 8.78 Å². The third-order valence-corrected chi connectivity index (χ3v) is 11.3. The molecular weight excluding hydrogens is 771 g/mol. The zero-order valence-electron chi connectivity index (χ0n) is 14.5. The second-order valence-electron chi connectivity index (χ2n) is 7.21. The molecule has 2 fully saturated rings. The number of fused-ring (bicyclic) bond motifs is 4. The van der Waals surface area contributed by atoms with Gasteiger partial charge in [-0.1, -0.05) is 0 Å². The minimum atomic E-state index is -6.19. The van der Waals surface area contributed by atoms with Gasteiger partial charge in [0.15, 0.2) is 15.9 Å². The van der Waals surface area contributed by atoms with Crippen molar-refractivity contribution in [2.24, 2.45) is 11.8 Å². The molecule has 0 aromatic heterocycles. The Bertz CT molecular complexity index is 1080. The Labute approximate surface area is 209 Å². The van der Waals surface area contributed by atoms with Gasteiger partial charge in [0, 0.05) is 25.4 Å². The molecule has 0 saturated heterocycles. The van der Waals surface area contributed by atoms with Gasteiger partial charge < -0.3 is 18.8 Å². The van der Waals surface area contributed by atoms with E-state index in [9.17, 15) is 31.3 Å². The zero-order valence-corrected chi connectivity index (χ0v) is 21.8. The number of ether oxygens (including phenoxy) is 3. The normalized spacial score (nSPS) is 30.1. The fourth-order valence-corrected chi connectivity index (χ4v) is 6.57.